The lowest BCUT2D eigenvalue weighted by Crippen LogP contribution is -2.49. The molecule has 13 heteroatoms. The van der Waals surface area contributed by atoms with Crippen molar-refractivity contribution in [1.82, 2.24) is 19.6 Å². The Hall–Kier alpha value is -2.37. The first-order chi connectivity index (χ1) is 14.5. The number of alkyl halides is 3. The number of nitro groups is 1. The van der Waals surface area contributed by atoms with E-state index in [9.17, 15) is 28.1 Å². The van der Waals surface area contributed by atoms with Crippen molar-refractivity contribution < 1.29 is 22.9 Å². The Morgan fingerprint density at radius 3 is 2.35 bits per heavy atom. The topological polar surface area (TPSA) is 84.5 Å². The van der Waals surface area contributed by atoms with Gasteiger partial charge in [0.2, 0.25) is 11.6 Å². The van der Waals surface area contributed by atoms with Crippen molar-refractivity contribution in [3.05, 3.63) is 55.3 Å². The van der Waals surface area contributed by atoms with Crippen molar-refractivity contribution in [2.45, 2.75) is 26.2 Å². The molecule has 0 radical (unpaired) electrons. The normalized spacial score (nSPS) is 15.4. The van der Waals surface area contributed by atoms with E-state index in [0.717, 1.165) is 17.2 Å². The van der Waals surface area contributed by atoms with E-state index in [2.05, 4.69) is 10.00 Å². The Bertz CT molecular complexity index is 1000. The molecule has 1 aromatic heterocycles. The molecule has 0 saturated carbocycles. The number of carbonyl (C=O) groups excluding carboxylic acids is 1. The lowest BCUT2D eigenvalue weighted by atomic mass is 10.2. The second-order valence-corrected chi connectivity index (χ2v) is 7.91. The number of halogens is 5. The van der Waals surface area contributed by atoms with Crippen LogP contribution in [-0.4, -0.2) is 56.6 Å². The molecular formula is C18H18Cl2F3N5O3. The average Bonchev–Trinajstić information content (AvgIpc) is 3.02. The zero-order valence-electron chi connectivity index (χ0n) is 16.3. The maximum absolute atomic E-state index is 13.1. The van der Waals surface area contributed by atoms with E-state index in [1.807, 2.05) is 6.07 Å². The molecule has 0 N–H and O–H groups in total. The van der Waals surface area contributed by atoms with E-state index in [4.69, 9.17) is 23.2 Å². The zero-order chi connectivity index (χ0) is 22.9. The van der Waals surface area contributed by atoms with E-state index < -0.39 is 34.9 Å². The van der Waals surface area contributed by atoms with Crippen LogP contribution in [0.25, 0.3) is 0 Å². The van der Waals surface area contributed by atoms with Crippen LogP contribution in [0.2, 0.25) is 10.0 Å². The van der Waals surface area contributed by atoms with Gasteiger partial charge in [-0.05, 0) is 24.6 Å². The number of hydrogen-bond donors (Lipinski definition) is 0. The molecule has 1 amide bonds. The van der Waals surface area contributed by atoms with E-state index >= 15 is 0 Å². The fourth-order valence-corrected chi connectivity index (χ4v) is 3.70. The van der Waals surface area contributed by atoms with Crippen molar-refractivity contribution in [3.8, 4) is 0 Å². The van der Waals surface area contributed by atoms with Crippen LogP contribution in [0.5, 0.6) is 0 Å². The summed E-state index contributed by atoms with van der Waals surface area (Å²) in [6.45, 7) is 3.09. The Kier molecular flexibility index (Phi) is 6.77. The van der Waals surface area contributed by atoms with Crippen LogP contribution < -0.4 is 0 Å². The SMILES string of the molecule is Cc1c([N+](=O)[O-])c(C(F)(F)F)nn1CC(=O)N1CCN(Cc2ccc(Cl)c(Cl)c2)CC1. The first kappa shape index (κ1) is 23.3. The van der Waals surface area contributed by atoms with Gasteiger partial charge in [0.25, 0.3) is 0 Å². The minimum atomic E-state index is -4.99. The number of carbonyl (C=O) groups is 1. The van der Waals surface area contributed by atoms with Gasteiger partial charge in [0.1, 0.15) is 12.2 Å². The Balaban J connectivity index is 1.62. The largest absolute Gasteiger partial charge is 0.442 e. The van der Waals surface area contributed by atoms with Gasteiger partial charge >= 0.3 is 11.9 Å². The van der Waals surface area contributed by atoms with Crippen molar-refractivity contribution in [2.75, 3.05) is 26.2 Å². The maximum Gasteiger partial charge on any atom is 0.442 e. The van der Waals surface area contributed by atoms with Crippen molar-refractivity contribution in [1.29, 1.82) is 0 Å². The summed E-state index contributed by atoms with van der Waals surface area (Å²) in [6, 6.07) is 5.34. The summed E-state index contributed by atoms with van der Waals surface area (Å²) in [5.74, 6) is -0.455. The maximum atomic E-state index is 13.1. The van der Waals surface area contributed by atoms with Crippen LogP contribution in [0.4, 0.5) is 18.9 Å². The van der Waals surface area contributed by atoms with Gasteiger partial charge < -0.3 is 4.90 Å². The summed E-state index contributed by atoms with van der Waals surface area (Å²) in [7, 11) is 0. The lowest BCUT2D eigenvalue weighted by molar-refractivity contribution is -0.388. The molecule has 2 aromatic rings. The molecule has 1 aliphatic rings. The molecule has 1 aliphatic heterocycles. The molecular weight excluding hydrogens is 462 g/mol. The lowest BCUT2D eigenvalue weighted by Gasteiger charge is -2.34. The molecule has 31 heavy (non-hydrogen) atoms. The molecule has 0 aliphatic carbocycles. The highest BCUT2D eigenvalue weighted by Gasteiger charge is 2.44. The van der Waals surface area contributed by atoms with Gasteiger partial charge in [0, 0.05) is 32.7 Å². The van der Waals surface area contributed by atoms with Crippen LogP contribution in [0.1, 0.15) is 17.0 Å². The highest BCUT2D eigenvalue weighted by atomic mass is 35.5. The second-order valence-electron chi connectivity index (χ2n) is 7.10. The summed E-state index contributed by atoms with van der Waals surface area (Å²) in [5, 5.41) is 15.3. The van der Waals surface area contributed by atoms with Gasteiger partial charge in [-0.3, -0.25) is 24.5 Å². The van der Waals surface area contributed by atoms with Gasteiger partial charge in [0.05, 0.1) is 15.0 Å². The van der Waals surface area contributed by atoms with Gasteiger partial charge in [-0.2, -0.15) is 18.3 Å². The van der Waals surface area contributed by atoms with Crippen LogP contribution >= 0.6 is 23.2 Å². The average molecular weight is 480 g/mol. The Morgan fingerprint density at radius 1 is 1.19 bits per heavy atom. The zero-order valence-corrected chi connectivity index (χ0v) is 17.8. The third-order valence-electron chi connectivity index (χ3n) is 5.03. The predicted molar refractivity (Wildman–Crippen MR) is 107 cm³/mol. The molecule has 1 aromatic carbocycles. The summed E-state index contributed by atoms with van der Waals surface area (Å²) < 4.78 is 39.9. The molecule has 0 atom stereocenters. The van der Waals surface area contributed by atoms with E-state index in [1.165, 1.54) is 4.90 Å². The van der Waals surface area contributed by atoms with Gasteiger partial charge in [-0.15, -0.1) is 0 Å². The third kappa shape index (κ3) is 5.28. The molecule has 1 saturated heterocycles. The van der Waals surface area contributed by atoms with Crippen molar-refractivity contribution >= 4 is 34.8 Å². The minimum Gasteiger partial charge on any atom is -0.339 e. The molecule has 3 rings (SSSR count). The van der Waals surface area contributed by atoms with Crippen LogP contribution in [-0.2, 0) is 24.1 Å². The predicted octanol–water partition coefficient (Wildman–Crippen LogP) is 3.77. The standard InChI is InChI=1S/C18H18Cl2F3N5O3/c1-11-16(28(30)31)17(18(21,22)23)24-27(11)10-15(29)26-6-4-25(5-7-26)9-12-2-3-13(19)14(20)8-12/h2-3,8H,4-7,9-10H2,1H3. The molecule has 8 nitrogen and oxygen atoms in total. The van der Waals surface area contributed by atoms with Crippen LogP contribution in [0.3, 0.4) is 0 Å². The molecule has 168 valence electrons. The van der Waals surface area contributed by atoms with Gasteiger partial charge in [0.15, 0.2) is 0 Å². The molecule has 1 fully saturated rings. The molecule has 0 spiro atoms. The van der Waals surface area contributed by atoms with Gasteiger partial charge in [-0.1, -0.05) is 29.3 Å². The minimum absolute atomic E-state index is 0.316. The number of amides is 1. The Morgan fingerprint density at radius 2 is 1.84 bits per heavy atom. The third-order valence-corrected chi connectivity index (χ3v) is 5.77. The van der Waals surface area contributed by atoms with Gasteiger partial charge in [-0.25, -0.2) is 0 Å². The first-order valence-electron chi connectivity index (χ1n) is 9.20. The quantitative estimate of drug-likeness (QED) is 0.481. The van der Waals surface area contributed by atoms with E-state index in [1.54, 1.807) is 12.1 Å². The van der Waals surface area contributed by atoms with Crippen molar-refractivity contribution in [2.24, 2.45) is 0 Å². The van der Waals surface area contributed by atoms with E-state index in [0.29, 0.717) is 42.8 Å². The summed E-state index contributed by atoms with van der Waals surface area (Å²) in [4.78, 5) is 26.1. The Labute approximate surface area is 185 Å². The number of rotatable bonds is 5. The highest BCUT2D eigenvalue weighted by molar-refractivity contribution is 6.42. The fourth-order valence-electron chi connectivity index (χ4n) is 3.38. The number of nitrogens with zero attached hydrogens (tertiary/aromatic N) is 5. The molecule has 0 bridgehead atoms. The molecule has 0 unspecified atom stereocenters. The monoisotopic (exact) mass is 479 g/mol. The van der Waals surface area contributed by atoms with E-state index in [-0.39, 0.29) is 5.69 Å². The van der Waals surface area contributed by atoms with Crippen LogP contribution in [0, 0.1) is 17.0 Å². The summed E-state index contributed by atoms with van der Waals surface area (Å²) in [5.41, 5.74) is -2.08. The smallest absolute Gasteiger partial charge is 0.339 e. The number of benzene rings is 1. The highest BCUT2D eigenvalue weighted by Crippen LogP contribution is 2.37. The first-order valence-corrected chi connectivity index (χ1v) is 9.96. The second kappa shape index (κ2) is 9.01. The van der Waals surface area contributed by atoms with Crippen molar-refractivity contribution in [3.63, 3.8) is 0 Å². The number of hydrogen-bond acceptors (Lipinski definition) is 5. The summed E-state index contributed by atoms with van der Waals surface area (Å²) in [6.07, 6.45) is -4.99. The van der Waals surface area contributed by atoms with Crippen LogP contribution in [0.15, 0.2) is 18.2 Å². The number of piperazine rings is 1. The number of aromatic nitrogens is 2. The molecule has 2 heterocycles. The summed E-state index contributed by atoms with van der Waals surface area (Å²) >= 11 is 11.9. The fraction of sp³-hybridized carbons (Fsp3) is 0.444.